The van der Waals surface area contributed by atoms with E-state index in [1.165, 1.54) is 51.4 Å². The van der Waals surface area contributed by atoms with Crippen LogP contribution in [0.15, 0.2) is 42.7 Å². The van der Waals surface area contributed by atoms with E-state index in [-0.39, 0.29) is 18.4 Å². The predicted molar refractivity (Wildman–Crippen MR) is 98.6 cm³/mol. The van der Waals surface area contributed by atoms with Gasteiger partial charge in [-0.15, -0.1) is 0 Å². The number of nitrogens with zero attached hydrogens (tertiary/aromatic N) is 1. The summed E-state index contributed by atoms with van der Waals surface area (Å²) in [6.07, 6.45) is 16.9. The second-order valence-electron chi connectivity index (χ2n) is 6.57. The van der Waals surface area contributed by atoms with Crippen molar-refractivity contribution in [2.24, 2.45) is 0 Å². The normalized spacial score (nSPS) is 10.1. The summed E-state index contributed by atoms with van der Waals surface area (Å²) in [5, 5.41) is 0. The first kappa shape index (κ1) is 23.6. The lowest BCUT2D eigenvalue weighted by molar-refractivity contribution is -0.697. The van der Waals surface area contributed by atoms with Crippen molar-refractivity contribution in [3.8, 4) is 0 Å². The van der Waals surface area contributed by atoms with E-state index in [1.807, 2.05) is 0 Å². The molecule has 0 atom stereocenters. The Kier molecular flexibility index (Phi) is 15.3. The minimum atomic E-state index is -0.263. The van der Waals surface area contributed by atoms with Gasteiger partial charge >= 0.3 is 5.97 Å². The van der Waals surface area contributed by atoms with Gasteiger partial charge in [0.25, 0.3) is 0 Å². The number of rotatable bonds is 14. The van der Waals surface area contributed by atoms with Gasteiger partial charge < -0.3 is 17.1 Å². The lowest BCUT2D eigenvalue weighted by atomic mass is 10.1. The highest BCUT2D eigenvalue weighted by molar-refractivity contribution is 5.86. The number of aryl methyl sites for hydroxylation is 1. The number of carbonyl (C=O) groups excluding carboxylic acids is 1. The summed E-state index contributed by atoms with van der Waals surface area (Å²) in [5.41, 5.74) is 0.484. The molecule has 1 aromatic rings. The van der Waals surface area contributed by atoms with E-state index in [0.29, 0.717) is 12.2 Å². The highest BCUT2D eigenvalue weighted by Gasteiger charge is 2.02. The van der Waals surface area contributed by atoms with Gasteiger partial charge in [0.2, 0.25) is 0 Å². The van der Waals surface area contributed by atoms with Gasteiger partial charge in [0, 0.05) is 24.1 Å². The Bertz CT molecular complexity index is 462. The second-order valence-corrected chi connectivity index (χ2v) is 6.57. The zero-order valence-electron chi connectivity index (χ0n) is 15.7. The van der Waals surface area contributed by atoms with Crippen LogP contribution >= 0.6 is 0 Å². The van der Waals surface area contributed by atoms with E-state index in [1.54, 1.807) is 6.92 Å². The maximum Gasteiger partial charge on any atom is 0.333 e. The van der Waals surface area contributed by atoms with Crippen LogP contribution in [-0.2, 0) is 16.1 Å². The van der Waals surface area contributed by atoms with Crippen molar-refractivity contribution >= 4 is 5.97 Å². The van der Waals surface area contributed by atoms with E-state index in [9.17, 15) is 4.79 Å². The number of halogens is 1. The molecule has 3 nitrogen and oxygen atoms in total. The molecule has 0 saturated carbocycles. The van der Waals surface area contributed by atoms with Crippen LogP contribution in [0.1, 0.15) is 71.1 Å². The Morgan fingerprint density at radius 1 is 0.840 bits per heavy atom. The third-order valence-electron chi connectivity index (χ3n) is 4.17. The summed E-state index contributed by atoms with van der Waals surface area (Å²) in [6.45, 7) is 6.92. The minimum Gasteiger partial charge on any atom is -1.00 e. The van der Waals surface area contributed by atoms with Gasteiger partial charge in [0.1, 0.15) is 6.54 Å². The van der Waals surface area contributed by atoms with Crippen LogP contribution in [0.2, 0.25) is 0 Å². The Hall–Kier alpha value is -1.35. The van der Waals surface area contributed by atoms with Gasteiger partial charge in [-0.05, 0) is 19.8 Å². The van der Waals surface area contributed by atoms with E-state index < -0.39 is 0 Å². The van der Waals surface area contributed by atoms with Gasteiger partial charge in [-0.3, -0.25) is 0 Å². The van der Waals surface area contributed by atoms with E-state index in [0.717, 1.165) is 19.4 Å². The molecule has 142 valence electrons. The monoisotopic (exact) mass is 367 g/mol. The fourth-order valence-electron chi connectivity index (χ4n) is 2.68. The zero-order valence-corrected chi connectivity index (χ0v) is 16.5. The average molecular weight is 368 g/mol. The molecule has 1 aromatic heterocycles. The van der Waals surface area contributed by atoms with Crippen molar-refractivity contribution < 1.29 is 26.5 Å². The molecule has 0 aliphatic heterocycles. The van der Waals surface area contributed by atoms with Gasteiger partial charge in [0.15, 0.2) is 12.4 Å². The standard InChI is InChI=1S/C21H34NO2.ClH/c1-20(2)21(23)24-19-15-10-8-6-4-3-5-7-9-12-16-22-17-13-11-14-18-22;/h11,13-14,17-18H,1,3-10,12,15-16,19H2,2H3;1H/q+1;/p-1. The fraction of sp³-hybridized carbons (Fsp3) is 0.619. The van der Waals surface area contributed by atoms with Crippen LogP contribution in [0, 0.1) is 0 Å². The van der Waals surface area contributed by atoms with Crippen molar-refractivity contribution in [3.05, 3.63) is 42.7 Å². The van der Waals surface area contributed by atoms with Gasteiger partial charge in [-0.2, -0.15) is 0 Å². The van der Waals surface area contributed by atoms with E-state index in [2.05, 4.69) is 41.7 Å². The lowest BCUT2D eigenvalue weighted by Crippen LogP contribution is -3.00. The molecule has 0 saturated heterocycles. The summed E-state index contributed by atoms with van der Waals surface area (Å²) in [4.78, 5) is 11.2. The van der Waals surface area contributed by atoms with E-state index >= 15 is 0 Å². The second kappa shape index (κ2) is 16.1. The summed E-state index contributed by atoms with van der Waals surface area (Å²) in [7, 11) is 0. The van der Waals surface area contributed by atoms with Crippen molar-refractivity contribution in [1.82, 2.24) is 0 Å². The number of hydrogen-bond donors (Lipinski definition) is 0. The summed E-state index contributed by atoms with van der Waals surface area (Å²) >= 11 is 0. The molecule has 0 amide bonds. The predicted octanol–water partition coefficient (Wildman–Crippen LogP) is 2.00. The highest BCUT2D eigenvalue weighted by Crippen LogP contribution is 2.10. The molecular formula is C21H34ClNO2. The summed E-state index contributed by atoms with van der Waals surface area (Å²) < 4.78 is 7.34. The SMILES string of the molecule is C=C(C)C(=O)OCCCCCCCCCCCC[n+]1ccccc1.[Cl-]. The molecule has 0 bridgehead atoms. The maximum atomic E-state index is 11.2. The van der Waals surface area contributed by atoms with E-state index in [4.69, 9.17) is 4.74 Å². The molecule has 0 N–H and O–H groups in total. The van der Waals surface area contributed by atoms with Crippen LogP contribution < -0.4 is 17.0 Å². The number of hydrogen-bond acceptors (Lipinski definition) is 2. The molecule has 0 aliphatic carbocycles. The number of pyridine rings is 1. The number of ether oxygens (including phenoxy) is 1. The van der Waals surface area contributed by atoms with Crippen LogP contribution in [-0.4, -0.2) is 12.6 Å². The summed E-state index contributed by atoms with van der Waals surface area (Å²) in [6, 6.07) is 6.24. The molecule has 0 aliphatic rings. The topological polar surface area (TPSA) is 30.2 Å². The molecule has 0 aromatic carbocycles. The average Bonchev–Trinajstić information content (AvgIpc) is 2.59. The number of aromatic nitrogens is 1. The van der Waals surface area contributed by atoms with Crippen molar-refractivity contribution in [2.45, 2.75) is 77.7 Å². The quantitative estimate of drug-likeness (QED) is 0.218. The zero-order chi connectivity index (χ0) is 17.5. The first-order chi connectivity index (χ1) is 11.7. The van der Waals surface area contributed by atoms with Crippen LogP contribution in [0.25, 0.3) is 0 Å². The molecule has 4 heteroatoms. The molecule has 0 unspecified atom stereocenters. The third kappa shape index (κ3) is 13.6. The van der Waals surface area contributed by atoms with Gasteiger partial charge in [-0.25, -0.2) is 9.36 Å². The Labute approximate surface area is 159 Å². The molecule has 0 fully saturated rings. The number of esters is 1. The van der Waals surface area contributed by atoms with Gasteiger partial charge in [-0.1, -0.05) is 57.6 Å². The number of unbranched alkanes of at least 4 members (excludes halogenated alkanes) is 9. The van der Waals surface area contributed by atoms with Crippen LogP contribution in [0.3, 0.4) is 0 Å². The smallest absolute Gasteiger partial charge is 0.333 e. The molecule has 1 heterocycles. The van der Waals surface area contributed by atoms with Crippen molar-refractivity contribution in [2.75, 3.05) is 6.61 Å². The maximum absolute atomic E-state index is 11.2. The summed E-state index contributed by atoms with van der Waals surface area (Å²) in [5.74, 6) is -0.263. The third-order valence-corrected chi connectivity index (χ3v) is 4.17. The molecule has 25 heavy (non-hydrogen) atoms. The molecule has 0 spiro atoms. The molecule has 1 rings (SSSR count). The fourth-order valence-corrected chi connectivity index (χ4v) is 2.68. The van der Waals surface area contributed by atoms with Crippen molar-refractivity contribution in [3.63, 3.8) is 0 Å². The first-order valence-electron chi connectivity index (χ1n) is 9.47. The van der Waals surface area contributed by atoms with Crippen LogP contribution in [0.4, 0.5) is 0 Å². The minimum absolute atomic E-state index is 0. The first-order valence-corrected chi connectivity index (χ1v) is 9.47. The van der Waals surface area contributed by atoms with Gasteiger partial charge in [0.05, 0.1) is 6.61 Å². The number of carbonyl (C=O) groups is 1. The Balaban J connectivity index is 0.00000576. The molecule has 0 radical (unpaired) electrons. The van der Waals surface area contributed by atoms with Crippen molar-refractivity contribution in [1.29, 1.82) is 0 Å². The van der Waals surface area contributed by atoms with Crippen LogP contribution in [0.5, 0.6) is 0 Å². The Morgan fingerprint density at radius 2 is 1.32 bits per heavy atom. The lowest BCUT2D eigenvalue weighted by Gasteiger charge is -2.04. The largest absolute Gasteiger partial charge is 1.00 e. The Morgan fingerprint density at radius 3 is 1.84 bits per heavy atom. The highest BCUT2D eigenvalue weighted by atomic mass is 35.5. The molecular weight excluding hydrogens is 334 g/mol.